The Bertz CT molecular complexity index is 739. The van der Waals surface area contributed by atoms with Crippen molar-refractivity contribution in [3.63, 3.8) is 0 Å². The topological polar surface area (TPSA) is 76.5 Å². The van der Waals surface area contributed by atoms with Gasteiger partial charge in [0.2, 0.25) is 11.8 Å². The molecule has 1 aliphatic carbocycles. The number of piperidine rings is 1. The number of nitrogens with one attached hydrogen (secondary N) is 1. The molecule has 3 fully saturated rings. The van der Waals surface area contributed by atoms with Crippen molar-refractivity contribution in [2.75, 3.05) is 26.3 Å². The van der Waals surface area contributed by atoms with Crippen LogP contribution in [0.3, 0.4) is 0 Å². The Labute approximate surface area is 166 Å². The maximum atomic E-state index is 12.9. The molecule has 1 N–H and O–H groups in total. The molecule has 2 aliphatic heterocycles. The number of amides is 2. The third-order valence-corrected chi connectivity index (χ3v) is 7.04. The van der Waals surface area contributed by atoms with E-state index in [9.17, 15) is 9.59 Å². The van der Waals surface area contributed by atoms with Gasteiger partial charge in [0.15, 0.2) is 0 Å². The first kappa shape index (κ1) is 19.4. The molecule has 4 atom stereocenters. The minimum Gasteiger partial charge on any atom is -0.381 e. The summed E-state index contributed by atoms with van der Waals surface area (Å²) in [6, 6.07) is 0.222. The summed E-state index contributed by atoms with van der Waals surface area (Å²) in [4.78, 5) is 27.4. The largest absolute Gasteiger partial charge is 0.381 e. The highest BCUT2D eigenvalue weighted by molar-refractivity contribution is 5.80. The van der Waals surface area contributed by atoms with Crippen molar-refractivity contribution in [1.82, 2.24) is 20.0 Å². The maximum Gasteiger partial charge on any atom is 0.225 e. The third kappa shape index (κ3) is 3.69. The van der Waals surface area contributed by atoms with Crippen LogP contribution in [0.15, 0.2) is 0 Å². The molecule has 2 unspecified atom stereocenters. The summed E-state index contributed by atoms with van der Waals surface area (Å²) in [5, 5.41) is 7.74. The Morgan fingerprint density at radius 1 is 1.18 bits per heavy atom. The van der Waals surface area contributed by atoms with Gasteiger partial charge in [-0.05, 0) is 56.9 Å². The quantitative estimate of drug-likeness (QED) is 0.826. The molecule has 1 aromatic heterocycles. The summed E-state index contributed by atoms with van der Waals surface area (Å²) in [7, 11) is 1.95. The Kier molecular flexibility index (Phi) is 5.45. The van der Waals surface area contributed by atoms with Crippen LogP contribution in [0.2, 0.25) is 0 Å². The van der Waals surface area contributed by atoms with Crippen molar-refractivity contribution in [2.24, 2.45) is 24.8 Å². The predicted octanol–water partition coefficient (Wildman–Crippen LogP) is 1.36. The van der Waals surface area contributed by atoms with Crippen LogP contribution in [-0.4, -0.2) is 58.8 Å². The van der Waals surface area contributed by atoms with Crippen LogP contribution < -0.4 is 5.32 Å². The standard InChI is InChI=1S/C21H32N4O3/c1-13-18(14(2)24(3)23-13)6-7-19(26)25-10-15-4-5-16(11-25)20(15)22-21(27)17-8-9-28-12-17/h15-17,20H,4-12H2,1-3H3,(H,22,27)/t15-,16+,17?,20?. The minimum atomic E-state index is 0.00465. The average Bonchev–Trinajstić information content (AvgIpc) is 3.33. The summed E-state index contributed by atoms with van der Waals surface area (Å²) in [5.74, 6) is 1.15. The van der Waals surface area contributed by atoms with Crippen LogP contribution in [-0.2, 0) is 27.8 Å². The van der Waals surface area contributed by atoms with E-state index in [1.54, 1.807) is 0 Å². The van der Waals surface area contributed by atoms with E-state index in [0.29, 0.717) is 31.5 Å². The molecule has 154 valence electrons. The summed E-state index contributed by atoms with van der Waals surface area (Å²) in [5.41, 5.74) is 3.35. The molecule has 0 aromatic carbocycles. The van der Waals surface area contributed by atoms with Crippen molar-refractivity contribution >= 4 is 11.8 Å². The van der Waals surface area contributed by atoms with Crippen LogP contribution in [0.5, 0.6) is 0 Å². The van der Waals surface area contributed by atoms with Crippen molar-refractivity contribution in [3.8, 4) is 0 Å². The van der Waals surface area contributed by atoms with Crippen LogP contribution in [0.4, 0.5) is 0 Å². The van der Waals surface area contributed by atoms with E-state index < -0.39 is 0 Å². The van der Waals surface area contributed by atoms with E-state index in [2.05, 4.69) is 17.3 Å². The van der Waals surface area contributed by atoms with Crippen LogP contribution in [0.25, 0.3) is 0 Å². The molecule has 7 heteroatoms. The van der Waals surface area contributed by atoms with Gasteiger partial charge in [0.1, 0.15) is 0 Å². The molecular weight excluding hydrogens is 356 g/mol. The molecule has 7 nitrogen and oxygen atoms in total. The zero-order chi connectivity index (χ0) is 19.8. The summed E-state index contributed by atoms with van der Waals surface area (Å²) in [6.45, 7) is 6.85. The second-order valence-corrected chi connectivity index (χ2v) is 8.76. The number of likely N-dealkylation sites (tertiary alicyclic amines) is 1. The summed E-state index contributed by atoms with van der Waals surface area (Å²) >= 11 is 0. The Balaban J connectivity index is 1.32. The van der Waals surface area contributed by atoms with Crippen molar-refractivity contribution in [3.05, 3.63) is 17.0 Å². The van der Waals surface area contributed by atoms with Crippen LogP contribution in [0.1, 0.15) is 42.6 Å². The number of carbonyl (C=O) groups is 2. The Hall–Kier alpha value is -1.89. The second kappa shape index (κ2) is 7.85. The number of nitrogens with zero attached hydrogens (tertiary/aromatic N) is 3. The molecule has 2 saturated heterocycles. The van der Waals surface area contributed by atoms with Gasteiger partial charge in [-0.2, -0.15) is 5.10 Å². The van der Waals surface area contributed by atoms with Gasteiger partial charge in [0.05, 0.1) is 18.2 Å². The first-order chi connectivity index (χ1) is 13.4. The molecule has 4 rings (SSSR count). The van der Waals surface area contributed by atoms with Gasteiger partial charge in [0.25, 0.3) is 0 Å². The fourth-order valence-corrected chi connectivity index (χ4v) is 5.25. The molecule has 2 bridgehead atoms. The average molecular weight is 389 g/mol. The van der Waals surface area contributed by atoms with E-state index in [4.69, 9.17) is 4.74 Å². The molecular formula is C21H32N4O3. The van der Waals surface area contributed by atoms with Crippen LogP contribution in [0, 0.1) is 31.6 Å². The molecule has 0 radical (unpaired) electrons. The number of ether oxygens (including phenoxy) is 1. The minimum absolute atomic E-state index is 0.00465. The lowest BCUT2D eigenvalue weighted by molar-refractivity contribution is -0.134. The van der Waals surface area contributed by atoms with Gasteiger partial charge in [-0.25, -0.2) is 0 Å². The normalized spacial score (nSPS) is 29.3. The van der Waals surface area contributed by atoms with Gasteiger partial charge in [-0.3, -0.25) is 14.3 Å². The number of aryl methyl sites for hydroxylation is 2. The molecule has 2 amide bonds. The number of rotatable bonds is 5. The van der Waals surface area contributed by atoms with Gasteiger partial charge in [-0.15, -0.1) is 0 Å². The van der Waals surface area contributed by atoms with Crippen molar-refractivity contribution in [1.29, 1.82) is 0 Å². The molecule has 28 heavy (non-hydrogen) atoms. The molecule has 0 spiro atoms. The van der Waals surface area contributed by atoms with E-state index >= 15 is 0 Å². The smallest absolute Gasteiger partial charge is 0.225 e. The van der Waals surface area contributed by atoms with Gasteiger partial charge < -0.3 is 15.0 Å². The fraction of sp³-hybridized carbons (Fsp3) is 0.762. The highest BCUT2D eigenvalue weighted by atomic mass is 16.5. The summed E-state index contributed by atoms with van der Waals surface area (Å²) in [6.07, 6.45) is 4.30. The van der Waals surface area contributed by atoms with Gasteiger partial charge in [0, 0.05) is 44.9 Å². The molecule has 1 aromatic rings. The first-order valence-corrected chi connectivity index (χ1v) is 10.6. The highest BCUT2D eigenvalue weighted by Crippen LogP contribution is 2.37. The SMILES string of the molecule is Cc1nn(C)c(C)c1CCC(=O)N1C[C@H]2CC[C@@H](C1)C2NC(=O)C1CCOC1. The van der Waals surface area contributed by atoms with E-state index in [-0.39, 0.29) is 23.8 Å². The zero-order valence-corrected chi connectivity index (χ0v) is 17.2. The van der Waals surface area contributed by atoms with Gasteiger partial charge in [-0.1, -0.05) is 0 Å². The van der Waals surface area contributed by atoms with E-state index in [1.807, 2.05) is 23.6 Å². The predicted molar refractivity (Wildman–Crippen MR) is 105 cm³/mol. The molecule has 3 aliphatic rings. The Morgan fingerprint density at radius 2 is 1.89 bits per heavy atom. The number of aromatic nitrogens is 2. The molecule has 3 heterocycles. The lowest BCUT2D eigenvalue weighted by Crippen LogP contribution is -2.54. The van der Waals surface area contributed by atoms with E-state index in [0.717, 1.165) is 50.2 Å². The lowest BCUT2D eigenvalue weighted by atomic mass is 9.91. The fourth-order valence-electron chi connectivity index (χ4n) is 5.25. The van der Waals surface area contributed by atoms with Gasteiger partial charge >= 0.3 is 0 Å². The van der Waals surface area contributed by atoms with E-state index in [1.165, 1.54) is 5.56 Å². The number of carbonyl (C=O) groups excluding carboxylic acids is 2. The lowest BCUT2D eigenvalue weighted by Gasteiger charge is -2.38. The highest BCUT2D eigenvalue weighted by Gasteiger charge is 2.44. The van der Waals surface area contributed by atoms with Crippen molar-refractivity contribution in [2.45, 2.75) is 52.0 Å². The second-order valence-electron chi connectivity index (χ2n) is 8.76. The number of hydrogen-bond donors (Lipinski definition) is 1. The number of fused-ring (bicyclic) bond motifs is 2. The summed E-state index contributed by atoms with van der Waals surface area (Å²) < 4.78 is 7.23. The zero-order valence-electron chi connectivity index (χ0n) is 17.2. The maximum absolute atomic E-state index is 12.9. The van der Waals surface area contributed by atoms with Crippen molar-refractivity contribution < 1.29 is 14.3 Å². The van der Waals surface area contributed by atoms with Crippen LogP contribution >= 0.6 is 0 Å². The molecule has 1 saturated carbocycles. The monoisotopic (exact) mass is 388 g/mol. The first-order valence-electron chi connectivity index (χ1n) is 10.6. The Morgan fingerprint density at radius 3 is 2.46 bits per heavy atom. The number of hydrogen-bond acceptors (Lipinski definition) is 4. The third-order valence-electron chi connectivity index (χ3n) is 7.04.